The fraction of sp³-hybridized carbons (Fsp3) is 0. The summed E-state index contributed by atoms with van der Waals surface area (Å²) < 4.78 is 15.2. The summed E-state index contributed by atoms with van der Waals surface area (Å²) in [5.41, 5.74) is 0. The lowest BCUT2D eigenvalue weighted by Gasteiger charge is -1.92. The molecule has 0 heteroatoms. The Kier molecular flexibility index (Phi) is 0.808. The van der Waals surface area contributed by atoms with Gasteiger partial charge >= 0.3 is 0 Å². The van der Waals surface area contributed by atoms with Crippen molar-refractivity contribution >= 4 is 10.8 Å². The Bertz CT molecular complexity index is 384. The molecule has 0 saturated carbocycles. The third-order valence-corrected chi connectivity index (χ3v) is 1.49. The molecule has 0 spiro atoms. The van der Waals surface area contributed by atoms with E-state index >= 15 is 0 Å². The molecule has 2 aromatic rings. The van der Waals surface area contributed by atoms with E-state index in [1.165, 1.54) is 0 Å². The van der Waals surface area contributed by atoms with Crippen LogP contribution < -0.4 is 0 Å². The Morgan fingerprint density at radius 1 is 0.800 bits per heavy atom. The van der Waals surface area contributed by atoms with Gasteiger partial charge in [0.15, 0.2) is 0 Å². The highest BCUT2D eigenvalue weighted by atomic mass is 13.9. The number of benzene rings is 2. The first-order valence-electron chi connectivity index (χ1n) is 4.24. The van der Waals surface area contributed by atoms with Crippen LogP contribution in [0.3, 0.4) is 0 Å². The standard InChI is InChI=1S/C10H8/c1-2-6-10-8-4-3-7-9(10)5-1/h1-8H/i5D,7D. The van der Waals surface area contributed by atoms with Gasteiger partial charge in [0.1, 0.15) is 0 Å². The lowest BCUT2D eigenvalue weighted by molar-refractivity contribution is 1.75. The van der Waals surface area contributed by atoms with Gasteiger partial charge in [0.05, 0.1) is 2.74 Å². The predicted molar refractivity (Wildman–Crippen MR) is 43.9 cm³/mol. The van der Waals surface area contributed by atoms with Gasteiger partial charge in [-0.2, -0.15) is 0 Å². The summed E-state index contributed by atoms with van der Waals surface area (Å²) in [6.07, 6.45) is 0. The minimum Gasteiger partial charge on any atom is -0.0616 e. The van der Waals surface area contributed by atoms with Crippen LogP contribution in [0, 0.1) is 0 Å². The second kappa shape index (κ2) is 2.14. The molecule has 0 amide bonds. The van der Waals surface area contributed by atoms with Crippen molar-refractivity contribution in [2.24, 2.45) is 0 Å². The van der Waals surface area contributed by atoms with Crippen molar-refractivity contribution < 1.29 is 2.74 Å². The minimum absolute atomic E-state index is 0.429. The molecule has 0 fully saturated rings. The summed E-state index contributed by atoms with van der Waals surface area (Å²) in [6.45, 7) is 0. The molecule has 0 aliphatic carbocycles. The molecule has 0 atom stereocenters. The van der Waals surface area contributed by atoms with Crippen molar-refractivity contribution in [3.63, 3.8) is 0 Å². The van der Waals surface area contributed by atoms with E-state index in [0.717, 1.165) is 10.8 Å². The number of hydrogen-bond acceptors (Lipinski definition) is 0. The van der Waals surface area contributed by atoms with Gasteiger partial charge in [-0.1, -0.05) is 48.5 Å². The smallest absolute Gasteiger partial charge is 0.0616 e. The van der Waals surface area contributed by atoms with Gasteiger partial charge in [-0.15, -0.1) is 0 Å². The van der Waals surface area contributed by atoms with E-state index < -0.39 is 0 Å². The van der Waals surface area contributed by atoms with E-state index in [-0.39, 0.29) is 0 Å². The Morgan fingerprint density at radius 2 is 1.40 bits per heavy atom. The average molecular weight is 130 g/mol. The predicted octanol–water partition coefficient (Wildman–Crippen LogP) is 2.84. The highest BCUT2D eigenvalue weighted by Gasteiger charge is 1.85. The van der Waals surface area contributed by atoms with Crippen LogP contribution in [0.5, 0.6) is 0 Å². The summed E-state index contributed by atoms with van der Waals surface area (Å²) in [7, 11) is 0. The Labute approximate surface area is 62.9 Å². The van der Waals surface area contributed by atoms with Crippen LogP contribution in [0.2, 0.25) is 0 Å². The van der Waals surface area contributed by atoms with Crippen LogP contribution in [0.15, 0.2) is 48.5 Å². The maximum atomic E-state index is 7.58. The molecule has 10 heavy (non-hydrogen) atoms. The van der Waals surface area contributed by atoms with Crippen LogP contribution in [0.25, 0.3) is 10.8 Å². The summed E-state index contributed by atoms with van der Waals surface area (Å²) >= 11 is 0. The van der Waals surface area contributed by atoms with Crippen LogP contribution in [-0.2, 0) is 0 Å². The fourth-order valence-corrected chi connectivity index (χ4v) is 0.997. The molecule has 0 N–H and O–H groups in total. The van der Waals surface area contributed by atoms with Gasteiger partial charge in [0.2, 0.25) is 0 Å². The summed E-state index contributed by atoms with van der Waals surface area (Å²) in [5, 5.41) is 1.70. The summed E-state index contributed by atoms with van der Waals surface area (Å²) in [6, 6.07) is 11.8. The molecule has 0 radical (unpaired) electrons. The van der Waals surface area contributed by atoms with Crippen molar-refractivity contribution in [1.29, 1.82) is 0 Å². The van der Waals surface area contributed by atoms with Crippen molar-refractivity contribution in [3.8, 4) is 0 Å². The zero-order valence-electron chi connectivity index (χ0n) is 7.46. The Morgan fingerprint density at radius 3 is 1.90 bits per heavy atom. The zero-order valence-corrected chi connectivity index (χ0v) is 5.46. The molecule has 0 heterocycles. The highest BCUT2D eigenvalue weighted by Crippen LogP contribution is 2.11. The van der Waals surface area contributed by atoms with Crippen molar-refractivity contribution in [2.45, 2.75) is 0 Å². The maximum Gasteiger partial charge on any atom is 0.0629 e. The summed E-state index contributed by atoms with van der Waals surface area (Å²) in [5.74, 6) is 0. The normalized spacial score (nSPS) is 12.8. The first-order chi connectivity index (χ1) is 5.79. The molecule has 0 aromatic heterocycles. The summed E-state index contributed by atoms with van der Waals surface area (Å²) in [4.78, 5) is 0. The van der Waals surface area contributed by atoms with E-state index in [2.05, 4.69) is 0 Å². The second-order valence-corrected chi connectivity index (χ2v) is 2.17. The topological polar surface area (TPSA) is 0 Å². The third kappa shape index (κ3) is 0.781. The van der Waals surface area contributed by atoms with Gasteiger partial charge in [-0.3, -0.25) is 0 Å². The van der Waals surface area contributed by atoms with Gasteiger partial charge < -0.3 is 0 Å². The monoisotopic (exact) mass is 130 g/mol. The quantitative estimate of drug-likeness (QED) is 0.514. The molecule has 2 aromatic carbocycles. The molecule has 0 saturated heterocycles. The van der Waals surface area contributed by atoms with Crippen molar-refractivity contribution in [2.75, 3.05) is 0 Å². The van der Waals surface area contributed by atoms with Gasteiger partial charge in [0.25, 0.3) is 0 Å². The number of hydrogen-bond donors (Lipinski definition) is 0. The van der Waals surface area contributed by atoms with Crippen LogP contribution in [0.4, 0.5) is 0 Å². The lowest BCUT2D eigenvalue weighted by atomic mass is 10.1. The first-order valence-corrected chi connectivity index (χ1v) is 3.24. The highest BCUT2D eigenvalue weighted by molar-refractivity contribution is 5.81. The van der Waals surface area contributed by atoms with Crippen molar-refractivity contribution in [1.82, 2.24) is 0 Å². The molecule has 2 rings (SSSR count). The van der Waals surface area contributed by atoms with Crippen molar-refractivity contribution in [3.05, 3.63) is 48.5 Å². The third-order valence-electron chi connectivity index (χ3n) is 1.49. The van der Waals surface area contributed by atoms with Crippen LogP contribution in [0.1, 0.15) is 2.74 Å². The Hall–Kier alpha value is -1.30. The second-order valence-electron chi connectivity index (χ2n) is 2.17. The molecule has 0 nitrogen and oxygen atoms in total. The van der Waals surface area contributed by atoms with Crippen LogP contribution >= 0.6 is 0 Å². The minimum atomic E-state index is 0.429. The van der Waals surface area contributed by atoms with E-state index in [1.54, 1.807) is 12.1 Å². The van der Waals surface area contributed by atoms with E-state index in [9.17, 15) is 0 Å². The number of fused-ring (bicyclic) bond motifs is 1. The molecular formula is C10H8. The first kappa shape index (κ1) is 3.77. The molecule has 0 aliphatic heterocycles. The van der Waals surface area contributed by atoms with Gasteiger partial charge in [-0.05, 0) is 10.8 Å². The molecule has 0 unspecified atom stereocenters. The average Bonchev–Trinajstić information content (AvgIpc) is 2.04. The lowest BCUT2D eigenvalue weighted by Crippen LogP contribution is -1.67. The molecule has 0 aliphatic rings. The van der Waals surface area contributed by atoms with Gasteiger partial charge in [-0.25, -0.2) is 0 Å². The SMILES string of the molecule is [2H]c1cccc2cccc([2H])c12. The molecule has 0 bridgehead atoms. The molecular weight excluding hydrogens is 120 g/mol. The van der Waals surface area contributed by atoms with E-state index in [4.69, 9.17) is 2.74 Å². The van der Waals surface area contributed by atoms with E-state index in [0.29, 0.717) is 12.1 Å². The van der Waals surface area contributed by atoms with Crippen LogP contribution in [-0.4, -0.2) is 0 Å². The van der Waals surface area contributed by atoms with Gasteiger partial charge in [0, 0.05) is 0 Å². The zero-order chi connectivity index (χ0) is 8.55. The van der Waals surface area contributed by atoms with E-state index in [1.807, 2.05) is 24.3 Å². The Balaban J connectivity index is 2.96. The fourth-order valence-electron chi connectivity index (χ4n) is 0.997. The number of rotatable bonds is 0. The largest absolute Gasteiger partial charge is 0.0629 e. The maximum absolute atomic E-state index is 7.58. The molecule has 48 valence electrons.